The molecule has 120 valence electrons. The van der Waals surface area contributed by atoms with Gasteiger partial charge in [-0.1, -0.05) is 58.8 Å². The molecule has 0 rings (SSSR count). The van der Waals surface area contributed by atoms with Gasteiger partial charge in [0.1, 0.15) is 0 Å². The minimum atomic E-state index is -4.35. The quantitative estimate of drug-likeness (QED) is 0.241. The fourth-order valence-corrected chi connectivity index (χ4v) is 2.73. The van der Waals surface area contributed by atoms with Crippen LogP contribution >= 0.6 is 0 Å². The number of ether oxygens (including phenoxy) is 1. The molecule has 0 aromatic heterocycles. The summed E-state index contributed by atoms with van der Waals surface area (Å²) in [4.78, 5) is 11.5. The summed E-state index contributed by atoms with van der Waals surface area (Å²) < 4.78 is 35.6. The summed E-state index contributed by atoms with van der Waals surface area (Å²) >= 11 is 0. The van der Waals surface area contributed by atoms with Crippen molar-refractivity contribution in [2.24, 2.45) is 0 Å². The number of rotatable bonds is 12. The Morgan fingerprint density at radius 3 is 1.90 bits per heavy atom. The average molecular weight is 331 g/mol. The molecular weight excluding hydrogens is 303 g/mol. The molecule has 0 spiro atoms. The topological polar surface area (TPSA) is 80.7 Å². The largest absolute Gasteiger partial charge is 1.00 e. The first-order chi connectivity index (χ1) is 9.43. The second kappa shape index (κ2) is 14.0. The summed E-state index contributed by atoms with van der Waals surface area (Å²) in [7, 11) is -4.35. The van der Waals surface area contributed by atoms with Crippen LogP contribution in [0.25, 0.3) is 0 Å². The summed E-state index contributed by atoms with van der Waals surface area (Å²) in [6.07, 6.45) is 9.08. The molecule has 0 saturated heterocycles. The summed E-state index contributed by atoms with van der Waals surface area (Å²) in [5.74, 6) is -0.849. The van der Waals surface area contributed by atoms with E-state index < -0.39 is 21.3 Å². The van der Waals surface area contributed by atoms with Gasteiger partial charge in [0.15, 0.2) is 5.25 Å². The Labute approximate surface area is 151 Å². The van der Waals surface area contributed by atoms with Gasteiger partial charge in [-0.3, -0.25) is 9.35 Å². The maximum Gasteiger partial charge on any atom is 1.00 e. The summed E-state index contributed by atoms with van der Waals surface area (Å²) in [5, 5.41) is -1.45. The van der Waals surface area contributed by atoms with Crippen LogP contribution in [0.2, 0.25) is 0 Å². The van der Waals surface area contributed by atoms with Gasteiger partial charge in [0.05, 0.1) is 6.61 Å². The van der Waals surface area contributed by atoms with E-state index in [2.05, 4.69) is 6.92 Å². The normalized spacial score (nSPS) is 12.5. The Morgan fingerprint density at radius 2 is 1.48 bits per heavy atom. The first-order valence-electron chi connectivity index (χ1n) is 7.56. The van der Waals surface area contributed by atoms with Crippen molar-refractivity contribution in [2.75, 3.05) is 6.61 Å². The SMILES string of the molecule is CCCCCCCCCCOC(=O)C(CC)S(=O)(=O)O.[Na+]. The molecular formula is C14H28NaO5S+. The second-order valence-corrected chi connectivity index (χ2v) is 6.65. The van der Waals surface area contributed by atoms with E-state index in [9.17, 15) is 13.2 Å². The third-order valence-electron chi connectivity index (χ3n) is 3.24. The number of hydrogen-bond donors (Lipinski definition) is 1. The predicted octanol–water partition coefficient (Wildman–Crippen LogP) is 0.341. The standard InChI is InChI=1S/C14H28O5S.Na/c1-3-5-6-7-8-9-10-11-12-19-14(15)13(4-2)20(16,17)18;/h13H,3-12H2,1-2H3,(H,16,17,18);/q;+1. The first kappa shape index (κ1) is 23.6. The molecule has 7 heteroatoms. The third kappa shape index (κ3) is 12.6. The van der Waals surface area contributed by atoms with Crippen LogP contribution in [0.1, 0.15) is 71.6 Å². The van der Waals surface area contributed by atoms with Crippen LogP contribution in [0.5, 0.6) is 0 Å². The van der Waals surface area contributed by atoms with Gasteiger partial charge in [-0.05, 0) is 12.8 Å². The number of hydrogen-bond acceptors (Lipinski definition) is 4. The molecule has 0 radical (unpaired) electrons. The van der Waals surface area contributed by atoms with Crippen molar-refractivity contribution in [3.05, 3.63) is 0 Å². The van der Waals surface area contributed by atoms with E-state index in [4.69, 9.17) is 9.29 Å². The molecule has 0 aromatic carbocycles. The van der Waals surface area contributed by atoms with Crippen molar-refractivity contribution in [1.82, 2.24) is 0 Å². The molecule has 0 aliphatic rings. The zero-order chi connectivity index (χ0) is 15.4. The Kier molecular flexibility index (Phi) is 15.8. The smallest absolute Gasteiger partial charge is 0.465 e. The molecule has 0 bridgehead atoms. The molecule has 0 heterocycles. The van der Waals surface area contributed by atoms with E-state index in [1.165, 1.54) is 39.0 Å². The molecule has 0 amide bonds. The van der Waals surface area contributed by atoms with Crippen molar-refractivity contribution in [3.8, 4) is 0 Å². The van der Waals surface area contributed by atoms with E-state index >= 15 is 0 Å². The van der Waals surface area contributed by atoms with Crippen LogP contribution in [-0.2, 0) is 19.6 Å². The molecule has 0 aliphatic heterocycles. The van der Waals surface area contributed by atoms with Gasteiger partial charge in [-0.25, -0.2) is 0 Å². The summed E-state index contributed by atoms with van der Waals surface area (Å²) in [6.45, 7) is 3.93. The van der Waals surface area contributed by atoms with Crippen LogP contribution in [0.3, 0.4) is 0 Å². The number of carbonyl (C=O) groups is 1. The van der Waals surface area contributed by atoms with Gasteiger partial charge < -0.3 is 4.74 Å². The molecule has 0 saturated carbocycles. The zero-order valence-electron chi connectivity index (χ0n) is 13.6. The van der Waals surface area contributed by atoms with Crippen molar-refractivity contribution in [1.29, 1.82) is 0 Å². The minimum absolute atomic E-state index is 0. The van der Waals surface area contributed by atoms with Crippen molar-refractivity contribution < 1.29 is 52.1 Å². The molecule has 0 fully saturated rings. The number of esters is 1. The molecule has 1 atom stereocenters. The van der Waals surface area contributed by atoms with Crippen LogP contribution < -0.4 is 29.6 Å². The Morgan fingerprint density at radius 1 is 1.00 bits per heavy atom. The number of carbonyl (C=O) groups excluding carboxylic acids is 1. The van der Waals surface area contributed by atoms with E-state index in [-0.39, 0.29) is 42.6 Å². The maximum absolute atomic E-state index is 11.5. The summed E-state index contributed by atoms with van der Waals surface area (Å²) in [6, 6.07) is 0. The van der Waals surface area contributed by atoms with Crippen molar-refractivity contribution in [3.63, 3.8) is 0 Å². The predicted molar refractivity (Wildman–Crippen MR) is 79.2 cm³/mol. The zero-order valence-corrected chi connectivity index (χ0v) is 16.5. The molecule has 1 N–H and O–H groups in total. The van der Waals surface area contributed by atoms with Crippen molar-refractivity contribution >= 4 is 16.1 Å². The van der Waals surface area contributed by atoms with E-state index in [1.54, 1.807) is 0 Å². The molecule has 1 unspecified atom stereocenters. The van der Waals surface area contributed by atoms with Crippen LogP contribution in [0.4, 0.5) is 0 Å². The van der Waals surface area contributed by atoms with Gasteiger partial charge in [0.25, 0.3) is 10.1 Å². The van der Waals surface area contributed by atoms with Crippen LogP contribution in [0, 0.1) is 0 Å². The van der Waals surface area contributed by atoms with Gasteiger partial charge >= 0.3 is 35.5 Å². The molecule has 0 aromatic rings. The minimum Gasteiger partial charge on any atom is -0.465 e. The second-order valence-electron chi connectivity index (χ2n) is 5.05. The Bertz CT molecular complexity index is 356. The van der Waals surface area contributed by atoms with Gasteiger partial charge in [0.2, 0.25) is 0 Å². The van der Waals surface area contributed by atoms with Crippen molar-refractivity contribution in [2.45, 2.75) is 76.9 Å². The van der Waals surface area contributed by atoms with Gasteiger partial charge in [0, 0.05) is 0 Å². The van der Waals surface area contributed by atoms with E-state index in [0.29, 0.717) is 0 Å². The van der Waals surface area contributed by atoms with Gasteiger partial charge in [-0.2, -0.15) is 8.42 Å². The molecule has 0 aliphatic carbocycles. The van der Waals surface area contributed by atoms with E-state index in [0.717, 1.165) is 19.3 Å². The maximum atomic E-state index is 11.5. The average Bonchev–Trinajstić information content (AvgIpc) is 2.36. The Hall–Kier alpha value is 0.380. The van der Waals surface area contributed by atoms with Crippen LogP contribution in [-0.4, -0.2) is 30.8 Å². The monoisotopic (exact) mass is 331 g/mol. The van der Waals surface area contributed by atoms with Crippen LogP contribution in [0.15, 0.2) is 0 Å². The molecule has 21 heavy (non-hydrogen) atoms. The number of unbranched alkanes of at least 4 members (excludes halogenated alkanes) is 7. The molecule has 5 nitrogen and oxygen atoms in total. The summed E-state index contributed by atoms with van der Waals surface area (Å²) in [5.41, 5.74) is 0. The third-order valence-corrected chi connectivity index (χ3v) is 4.48. The fraction of sp³-hybridized carbons (Fsp3) is 0.929. The van der Waals surface area contributed by atoms with E-state index in [1.807, 2.05) is 0 Å². The fourth-order valence-electron chi connectivity index (χ4n) is 2.00. The Balaban J connectivity index is 0. The van der Waals surface area contributed by atoms with Gasteiger partial charge in [-0.15, -0.1) is 0 Å². The first-order valence-corrected chi connectivity index (χ1v) is 9.06.